The summed E-state index contributed by atoms with van der Waals surface area (Å²) < 4.78 is 5.37. The van der Waals surface area contributed by atoms with Crippen LogP contribution in [0.3, 0.4) is 0 Å². The summed E-state index contributed by atoms with van der Waals surface area (Å²) in [5.74, 6) is -6.92. The number of Topliss-reactive ketones (excluding diaryl/α,β-unsaturated/α-hetero) is 2. The van der Waals surface area contributed by atoms with Crippen LogP contribution >= 0.6 is 11.6 Å². The molecule has 12 heteroatoms. The number of aromatic hydroxyl groups is 1. The zero-order valence-electron chi connectivity index (χ0n) is 21.0. The number of phenolic OH excluding ortho intramolecular Hbond substituents is 1. The van der Waals surface area contributed by atoms with Gasteiger partial charge >= 0.3 is 0 Å². The Kier molecular flexibility index (Phi) is 6.56. The van der Waals surface area contributed by atoms with Crippen LogP contribution in [0.1, 0.15) is 29.5 Å². The summed E-state index contributed by atoms with van der Waals surface area (Å²) in [6.07, 6.45) is 0.993. The van der Waals surface area contributed by atoms with E-state index in [0.29, 0.717) is 35.9 Å². The molecule has 38 heavy (non-hydrogen) atoms. The summed E-state index contributed by atoms with van der Waals surface area (Å²) >= 11 is 6.75. The highest BCUT2D eigenvalue weighted by Gasteiger charge is 2.64. The first-order valence-electron chi connectivity index (χ1n) is 12.4. The molecule has 1 aromatic rings. The van der Waals surface area contributed by atoms with E-state index < -0.39 is 58.0 Å². The smallest absolute Gasteiger partial charge is 0.255 e. The Morgan fingerprint density at radius 1 is 1.29 bits per heavy atom. The molecule has 2 fully saturated rings. The van der Waals surface area contributed by atoms with Crippen molar-refractivity contribution in [2.75, 3.05) is 27.3 Å². The number of nitrogens with one attached hydrogen (secondary N) is 1. The van der Waals surface area contributed by atoms with Crippen LogP contribution in [-0.4, -0.2) is 87.8 Å². The van der Waals surface area contributed by atoms with Gasteiger partial charge in [-0.15, -0.1) is 0 Å². The zero-order valence-corrected chi connectivity index (χ0v) is 21.7. The number of halogens is 1. The average Bonchev–Trinajstić information content (AvgIpc) is 3.36. The van der Waals surface area contributed by atoms with Crippen LogP contribution < -0.4 is 11.1 Å². The number of rotatable bonds is 5. The lowest BCUT2D eigenvalue weighted by atomic mass is 9.57. The van der Waals surface area contributed by atoms with Gasteiger partial charge in [0.15, 0.2) is 11.4 Å². The molecule has 4 aliphatic rings. The Balaban J connectivity index is 1.61. The van der Waals surface area contributed by atoms with Gasteiger partial charge in [-0.3, -0.25) is 19.3 Å². The van der Waals surface area contributed by atoms with E-state index in [-0.39, 0.29) is 35.8 Å². The third-order valence-electron chi connectivity index (χ3n) is 8.24. The predicted molar refractivity (Wildman–Crippen MR) is 135 cm³/mol. The fourth-order valence-corrected chi connectivity index (χ4v) is 6.72. The Bertz CT molecular complexity index is 1320. The maximum absolute atomic E-state index is 13.8. The number of carbonyl (C=O) groups is 3. The van der Waals surface area contributed by atoms with Crippen LogP contribution in [0.5, 0.6) is 5.75 Å². The SMILES string of the molecule is CN(C)[C@@H]1C(=O)C(C(N)=O)=C(O)[C@@]2(O)C(=O)C3=C(O)c4c(O)cc(CNC5CCOC5)c(Cl)c4C[C@H]3C[C@@H]12. The average molecular weight is 548 g/mol. The molecule has 1 unspecified atom stereocenters. The second-order valence-corrected chi connectivity index (χ2v) is 11.0. The Labute approximate surface area is 223 Å². The Hall–Kier alpha value is -2.96. The summed E-state index contributed by atoms with van der Waals surface area (Å²) in [5, 5.41) is 48.3. The number of ketones is 2. The summed E-state index contributed by atoms with van der Waals surface area (Å²) in [6.45, 7) is 1.58. The van der Waals surface area contributed by atoms with Gasteiger partial charge in [0, 0.05) is 35.7 Å². The number of aliphatic hydroxyl groups is 3. The molecule has 1 aliphatic heterocycles. The van der Waals surface area contributed by atoms with Crippen molar-refractivity contribution in [3.05, 3.63) is 44.7 Å². The lowest BCUT2D eigenvalue weighted by molar-refractivity contribution is -0.153. The first-order valence-corrected chi connectivity index (χ1v) is 12.8. The molecule has 5 atom stereocenters. The van der Waals surface area contributed by atoms with Crippen molar-refractivity contribution in [1.82, 2.24) is 10.2 Å². The second kappa shape index (κ2) is 9.35. The van der Waals surface area contributed by atoms with Gasteiger partial charge in [-0.1, -0.05) is 11.6 Å². The molecule has 7 N–H and O–H groups in total. The van der Waals surface area contributed by atoms with Crippen LogP contribution in [0, 0.1) is 11.8 Å². The minimum absolute atomic E-state index is 0.00471. The monoisotopic (exact) mass is 547 g/mol. The summed E-state index contributed by atoms with van der Waals surface area (Å²) in [7, 11) is 3.11. The van der Waals surface area contributed by atoms with E-state index in [4.69, 9.17) is 22.1 Å². The molecular weight excluding hydrogens is 518 g/mol. The van der Waals surface area contributed by atoms with Crippen LogP contribution in [0.2, 0.25) is 5.02 Å². The van der Waals surface area contributed by atoms with Gasteiger partial charge in [-0.05, 0) is 56.5 Å². The van der Waals surface area contributed by atoms with Gasteiger partial charge in [0.05, 0.1) is 18.2 Å². The van der Waals surface area contributed by atoms with Crippen molar-refractivity contribution in [2.24, 2.45) is 17.6 Å². The fraction of sp³-hybridized carbons (Fsp3) is 0.500. The molecule has 1 heterocycles. The topological polar surface area (TPSA) is 183 Å². The molecule has 5 rings (SSSR count). The van der Waals surface area contributed by atoms with E-state index in [1.165, 1.54) is 11.0 Å². The lowest BCUT2D eigenvalue weighted by Crippen LogP contribution is -2.65. The highest BCUT2D eigenvalue weighted by atomic mass is 35.5. The number of nitrogens with zero attached hydrogens (tertiary/aromatic N) is 1. The number of phenols is 1. The summed E-state index contributed by atoms with van der Waals surface area (Å²) in [5.41, 5.74) is 2.63. The Morgan fingerprint density at radius 2 is 2.00 bits per heavy atom. The van der Waals surface area contributed by atoms with Crippen molar-refractivity contribution < 1.29 is 39.5 Å². The normalized spacial score (nSPS) is 31.0. The number of benzene rings is 1. The number of primary amides is 1. The van der Waals surface area contributed by atoms with E-state index >= 15 is 0 Å². The highest BCUT2D eigenvalue weighted by Crippen LogP contribution is 2.53. The largest absolute Gasteiger partial charge is 0.508 e. The van der Waals surface area contributed by atoms with Gasteiger partial charge in [0.1, 0.15) is 22.8 Å². The first kappa shape index (κ1) is 26.6. The van der Waals surface area contributed by atoms with Crippen molar-refractivity contribution in [2.45, 2.75) is 43.5 Å². The quantitative estimate of drug-likeness (QED) is 0.284. The molecule has 11 nitrogen and oxygen atoms in total. The number of nitrogens with two attached hydrogens (primary N) is 1. The van der Waals surface area contributed by atoms with Crippen LogP contribution in [0.4, 0.5) is 0 Å². The number of carbonyl (C=O) groups excluding carboxylic acids is 3. The number of fused-ring (bicyclic) bond motifs is 3. The van der Waals surface area contributed by atoms with Gasteiger partial charge in [0.2, 0.25) is 5.78 Å². The van der Waals surface area contributed by atoms with Crippen molar-refractivity contribution in [3.63, 3.8) is 0 Å². The maximum atomic E-state index is 13.8. The summed E-state index contributed by atoms with van der Waals surface area (Å²) in [4.78, 5) is 40.5. The number of hydrogen-bond acceptors (Lipinski definition) is 10. The molecule has 0 aromatic heterocycles. The lowest BCUT2D eigenvalue weighted by Gasteiger charge is -2.50. The second-order valence-electron chi connectivity index (χ2n) is 10.6. The number of aliphatic hydroxyl groups excluding tert-OH is 2. The molecule has 1 saturated carbocycles. The van der Waals surface area contributed by atoms with Gasteiger partial charge in [-0.25, -0.2) is 0 Å². The number of hydrogen-bond donors (Lipinski definition) is 6. The summed E-state index contributed by atoms with van der Waals surface area (Å²) in [6, 6.07) is 0.423. The molecule has 3 aliphatic carbocycles. The molecule has 204 valence electrons. The van der Waals surface area contributed by atoms with Crippen LogP contribution in [-0.2, 0) is 32.1 Å². The number of amides is 1. The van der Waals surface area contributed by atoms with Gasteiger partial charge < -0.3 is 36.2 Å². The minimum Gasteiger partial charge on any atom is -0.508 e. The highest BCUT2D eigenvalue weighted by molar-refractivity contribution is 6.32. The third kappa shape index (κ3) is 3.76. The molecule has 0 spiro atoms. The maximum Gasteiger partial charge on any atom is 0.255 e. The van der Waals surface area contributed by atoms with Crippen molar-refractivity contribution >= 4 is 34.8 Å². The fourth-order valence-electron chi connectivity index (χ4n) is 6.43. The molecule has 0 bridgehead atoms. The van der Waals surface area contributed by atoms with E-state index in [1.807, 2.05) is 0 Å². The van der Waals surface area contributed by atoms with E-state index in [0.717, 1.165) is 6.42 Å². The van der Waals surface area contributed by atoms with Crippen LogP contribution in [0.15, 0.2) is 23.0 Å². The van der Waals surface area contributed by atoms with E-state index in [2.05, 4.69) is 5.32 Å². The molecular formula is C26H30ClN3O8. The third-order valence-corrected chi connectivity index (χ3v) is 8.71. The number of ether oxygens (including phenoxy) is 1. The molecule has 0 radical (unpaired) electrons. The minimum atomic E-state index is -2.67. The Morgan fingerprint density at radius 3 is 2.61 bits per heavy atom. The molecule has 1 aromatic carbocycles. The first-order chi connectivity index (χ1) is 17.9. The molecule has 1 saturated heterocycles. The van der Waals surface area contributed by atoms with Crippen molar-refractivity contribution in [3.8, 4) is 5.75 Å². The van der Waals surface area contributed by atoms with Crippen LogP contribution in [0.25, 0.3) is 5.76 Å². The van der Waals surface area contributed by atoms with Gasteiger partial charge in [-0.2, -0.15) is 0 Å². The number of likely N-dealkylation sites (N-methyl/N-ethyl adjacent to an activating group) is 1. The van der Waals surface area contributed by atoms with Crippen molar-refractivity contribution in [1.29, 1.82) is 0 Å². The standard InChI is InChI=1S/C26H30ClN3O8/c1-30(2)20-14-6-10-5-13-17(15(31)7-11(19(13)27)8-29-12-3-4-38-9-12)21(32)16(10)23(34)26(14,37)24(35)18(22(20)33)25(28)36/h7,10,12,14,20,29,31-32,35,37H,3-6,8-9H2,1-2H3,(H2,28,36)/t10-,12?,14-,20-,26-/m0/s1. The zero-order chi connectivity index (χ0) is 27.7. The van der Waals surface area contributed by atoms with Gasteiger partial charge in [0.25, 0.3) is 5.91 Å². The van der Waals surface area contributed by atoms with E-state index in [1.54, 1.807) is 14.1 Å². The predicted octanol–water partition coefficient (Wildman–Crippen LogP) is 0.496. The van der Waals surface area contributed by atoms with E-state index in [9.17, 15) is 34.8 Å². The molecule has 1 amide bonds.